The number of piperidine rings is 1. The van der Waals surface area contributed by atoms with Crippen LogP contribution in [-0.4, -0.2) is 66.8 Å². The summed E-state index contributed by atoms with van der Waals surface area (Å²) in [5.74, 6) is 1.78. The Balaban J connectivity index is 1.47. The first-order valence-electron chi connectivity index (χ1n) is 11.3. The monoisotopic (exact) mass is 472 g/mol. The number of carbonyl (C=O) groups is 1. The molecule has 0 aromatic carbocycles. The van der Waals surface area contributed by atoms with Gasteiger partial charge in [-0.05, 0) is 31.2 Å². The fourth-order valence-corrected chi connectivity index (χ4v) is 6.20. The molecular weight excluding hydrogens is 444 g/mol. The molecule has 0 aliphatic carbocycles. The second-order valence-electron chi connectivity index (χ2n) is 8.17. The third-order valence-electron chi connectivity index (χ3n) is 6.13. The Kier molecular flexibility index (Phi) is 6.68. The minimum Gasteiger partial charge on any atom is -0.466 e. The lowest BCUT2D eigenvalue weighted by molar-refractivity contribution is -0.148. The van der Waals surface area contributed by atoms with Gasteiger partial charge in [-0.15, -0.1) is 22.7 Å². The van der Waals surface area contributed by atoms with Gasteiger partial charge in [0.1, 0.15) is 16.5 Å². The summed E-state index contributed by atoms with van der Waals surface area (Å²) < 4.78 is 10.7. The van der Waals surface area contributed by atoms with E-state index in [1.54, 1.807) is 22.7 Å². The molecule has 0 saturated carbocycles. The van der Waals surface area contributed by atoms with Gasteiger partial charge in [-0.2, -0.15) is 0 Å². The van der Waals surface area contributed by atoms with E-state index in [2.05, 4.69) is 32.7 Å². The highest BCUT2D eigenvalue weighted by Crippen LogP contribution is 2.41. The molecule has 2 aliphatic heterocycles. The van der Waals surface area contributed by atoms with Crippen LogP contribution in [0.3, 0.4) is 0 Å². The number of fused-ring (bicyclic) bond motifs is 1. The third kappa shape index (κ3) is 4.52. The van der Waals surface area contributed by atoms with E-state index in [0.717, 1.165) is 80.6 Å². The van der Waals surface area contributed by atoms with Gasteiger partial charge >= 0.3 is 5.97 Å². The highest BCUT2D eigenvalue weighted by atomic mass is 32.1. The molecule has 7 nitrogen and oxygen atoms in total. The van der Waals surface area contributed by atoms with Gasteiger partial charge < -0.3 is 14.4 Å². The maximum absolute atomic E-state index is 12.2. The van der Waals surface area contributed by atoms with Crippen LogP contribution in [0.1, 0.15) is 25.6 Å². The molecule has 2 saturated heterocycles. The van der Waals surface area contributed by atoms with Crippen LogP contribution in [0, 0.1) is 5.92 Å². The number of thiophene rings is 2. The van der Waals surface area contributed by atoms with E-state index in [9.17, 15) is 4.79 Å². The lowest BCUT2D eigenvalue weighted by atomic mass is 9.96. The number of nitrogens with zero attached hydrogens (tertiary/aromatic N) is 4. The molecule has 2 fully saturated rings. The summed E-state index contributed by atoms with van der Waals surface area (Å²) >= 11 is 3.43. The zero-order chi connectivity index (χ0) is 21.9. The Labute approximate surface area is 196 Å². The lowest BCUT2D eigenvalue weighted by Crippen LogP contribution is -2.38. The van der Waals surface area contributed by atoms with Gasteiger partial charge in [0.15, 0.2) is 0 Å². The summed E-state index contributed by atoms with van der Waals surface area (Å²) in [7, 11) is 0. The molecule has 0 N–H and O–H groups in total. The van der Waals surface area contributed by atoms with Crippen LogP contribution in [0.5, 0.6) is 0 Å². The van der Waals surface area contributed by atoms with Gasteiger partial charge in [0.2, 0.25) is 0 Å². The van der Waals surface area contributed by atoms with E-state index in [1.165, 1.54) is 10.4 Å². The second kappa shape index (κ2) is 9.82. The summed E-state index contributed by atoms with van der Waals surface area (Å²) in [6.07, 6.45) is 1.59. The first kappa shape index (κ1) is 21.8. The van der Waals surface area contributed by atoms with Gasteiger partial charge in [0.25, 0.3) is 0 Å². The SMILES string of the molecule is CCOC(=O)C1CCN(c2nc(CN3CCOCC3)nc3scc(-c4cccs4)c23)CC1. The zero-order valence-corrected chi connectivity index (χ0v) is 19.9. The van der Waals surface area contributed by atoms with E-state index in [-0.39, 0.29) is 11.9 Å². The number of aromatic nitrogens is 2. The molecule has 3 aromatic heterocycles. The van der Waals surface area contributed by atoms with Crippen molar-refractivity contribution in [2.45, 2.75) is 26.3 Å². The van der Waals surface area contributed by atoms with Crippen LogP contribution < -0.4 is 4.90 Å². The molecule has 32 heavy (non-hydrogen) atoms. The molecule has 2 aliphatic rings. The Bertz CT molecular complexity index is 1050. The first-order valence-corrected chi connectivity index (χ1v) is 13.0. The highest BCUT2D eigenvalue weighted by molar-refractivity contribution is 7.18. The van der Waals surface area contributed by atoms with Crippen molar-refractivity contribution in [1.82, 2.24) is 14.9 Å². The summed E-state index contributed by atoms with van der Waals surface area (Å²) in [4.78, 5) is 29.2. The lowest BCUT2D eigenvalue weighted by Gasteiger charge is -2.32. The Hall–Kier alpha value is -2.07. The number of rotatable bonds is 6. The van der Waals surface area contributed by atoms with E-state index < -0.39 is 0 Å². The summed E-state index contributed by atoms with van der Waals surface area (Å²) in [5, 5.41) is 5.45. The average Bonchev–Trinajstić information content (AvgIpc) is 3.49. The fraction of sp³-hybridized carbons (Fsp3) is 0.522. The van der Waals surface area contributed by atoms with E-state index >= 15 is 0 Å². The molecule has 0 unspecified atom stereocenters. The number of hydrogen-bond acceptors (Lipinski definition) is 9. The van der Waals surface area contributed by atoms with Crippen LogP contribution in [-0.2, 0) is 20.8 Å². The number of morpholine rings is 1. The van der Waals surface area contributed by atoms with Crippen molar-refractivity contribution in [2.24, 2.45) is 5.92 Å². The van der Waals surface area contributed by atoms with Gasteiger partial charge in [-0.1, -0.05) is 6.07 Å². The molecule has 5 rings (SSSR count). The van der Waals surface area contributed by atoms with Gasteiger partial charge in [-0.3, -0.25) is 9.69 Å². The van der Waals surface area contributed by atoms with Gasteiger partial charge in [0.05, 0.1) is 37.7 Å². The summed E-state index contributed by atoms with van der Waals surface area (Å²) in [6, 6.07) is 4.24. The quantitative estimate of drug-likeness (QED) is 0.502. The number of anilines is 1. The summed E-state index contributed by atoms with van der Waals surface area (Å²) in [5.41, 5.74) is 1.21. The smallest absolute Gasteiger partial charge is 0.309 e. The van der Waals surface area contributed by atoms with Gasteiger partial charge in [0, 0.05) is 42.0 Å². The predicted octanol–water partition coefficient (Wildman–Crippen LogP) is 4.03. The number of ether oxygens (including phenoxy) is 2. The van der Waals surface area contributed by atoms with Crippen molar-refractivity contribution in [3.05, 3.63) is 28.7 Å². The Morgan fingerprint density at radius 3 is 2.72 bits per heavy atom. The van der Waals surface area contributed by atoms with E-state index in [4.69, 9.17) is 19.4 Å². The molecule has 9 heteroatoms. The van der Waals surface area contributed by atoms with Crippen molar-refractivity contribution >= 4 is 44.7 Å². The second-order valence-corrected chi connectivity index (χ2v) is 9.98. The molecule has 0 amide bonds. The Morgan fingerprint density at radius 2 is 2.00 bits per heavy atom. The fourth-order valence-electron chi connectivity index (χ4n) is 4.43. The van der Waals surface area contributed by atoms with Crippen LogP contribution in [0.15, 0.2) is 22.9 Å². The minimum absolute atomic E-state index is 0.0180. The topological polar surface area (TPSA) is 67.8 Å². The summed E-state index contributed by atoms with van der Waals surface area (Å²) in [6.45, 7) is 7.98. The van der Waals surface area contributed by atoms with Crippen LogP contribution in [0.4, 0.5) is 5.82 Å². The minimum atomic E-state index is -0.0669. The van der Waals surface area contributed by atoms with Crippen molar-refractivity contribution in [1.29, 1.82) is 0 Å². The number of carbonyl (C=O) groups excluding carboxylic acids is 1. The van der Waals surface area contributed by atoms with E-state index in [0.29, 0.717) is 6.61 Å². The van der Waals surface area contributed by atoms with Crippen molar-refractivity contribution < 1.29 is 14.3 Å². The molecule has 5 heterocycles. The van der Waals surface area contributed by atoms with Crippen molar-refractivity contribution in [2.75, 3.05) is 50.9 Å². The maximum Gasteiger partial charge on any atom is 0.309 e. The van der Waals surface area contributed by atoms with Crippen molar-refractivity contribution in [3.63, 3.8) is 0 Å². The highest BCUT2D eigenvalue weighted by Gasteiger charge is 2.29. The first-order chi connectivity index (χ1) is 15.7. The Morgan fingerprint density at radius 1 is 1.19 bits per heavy atom. The van der Waals surface area contributed by atoms with Crippen LogP contribution in [0.25, 0.3) is 20.7 Å². The standard InChI is InChI=1S/C23H28N4O3S2/c1-2-30-23(28)16-5-7-27(8-6-16)21-20-17(18-4-3-13-31-18)15-32-22(20)25-19(24-21)14-26-9-11-29-12-10-26/h3-4,13,15-16H,2,5-12,14H2,1H3. The molecule has 170 valence electrons. The molecular formula is C23H28N4O3S2. The van der Waals surface area contributed by atoms with Gasteiger partial charge in [-0.25, -0.2) is 9.97 Å². The maximum atomic E-state index is 12.2. The average molecular weight is 473 g/mol. The van der Waals surface area contributed by atoms with E-state index in [1.807, 2.05) is 6.92 Å². The molecule has 0 atom stereocenters. The van der Waals surface area contributed by atoms with Crippen molar-refractivity contribution in [3.8, 4) is 10.4 Å². The molecule has 3 aromatic rings. The predicted molar refractivity (Wildman–Crippen MR) is 128 cm³/mol. The largest absolute Gasteiger partial charge is 0.466 e. The van der Waals surface area contributed by atoms with Crippen LogP contribution >= 0.6 is 22.7 Å². The number of hydrogen-bond donors (Lipinski definition) is 0. The molecule has 0 radical (unpaired) electrons. The zero-order valence-electron chi connectivity index (χ0n) is 18.3. The molecule has 0 spiro atoms. The third-order valence-corrected chi connectivity index (χ3v) is 7.91. The van der Waals surface area contributed by atoms with Crippen LogP contribution in [0.2, 0.25) is 0 Å². The normalized spacial score (nSPS) is 18.3. The molecule has 0 bridgehead atoms. The number of esters is 1.